The molecule has 1 N–H and O–H groups in total. The number of halogens is 1. The molecule has 0 radical (unpaired) electrons. The van der Waals surface area contributed by atoms with Crippen LogP contribution in [0.3, 0.4) is 0 Å². The molecule has 0 spiro atoms. The molecule has 0 saturated carbocycles. The minimum atomic E-state index is -0.543. The molecule has 2 heterocycles. The van der Waals surface area contributed by atoms with Crippen LogP contribution in [0, 0.1) is 11.7 Å². The topological polar surface area (TPSA) is 99.0 Å². The van der Waals surface area contributed by atoms with E-state index < -0.39 is 17.3 Å². The molecule has 10 heteroatoms. The summed E-state index contributed by atoms with van der Waals surface area (Å²) in [6, 6.07) is 6.97. The van der Waals surface area contributed by atoms with Crippen molar-refractivity contribution in [3.05, 3.63) is 51.5 Å². The number of nitrogens with zero attached hydrogens (tertiary/aromatic N) is 4. The highest BCUT2D eigenvalue weighted by atomic mass is 32.1. The van der Waals surface area contributed by atoms with Crippen LogP contribution in [0.2, 0.25) is 0 Å². The van der Waals surface area contributed by atoms with E-state index in [1.807, 2.05) is 0 Å². The zero-order chi connectivity index (χ0) is 21.0. The van der Waals surface area contributed by atoms with Crippen LogP contribution in [0.4, 0.5) is 9.52 Å². The Hall–Kier alpha value is -3.14. The molecule has 1 amide bonds. The third-order valence-corrected chi connectivity index (χ3v) is 4.77. The van der Waals surface area contributed by atoms with Gasteiger partial charge in [-0.25, -0.2) is 9.07 Å². The largest absolute Gasteiger partial charge is 0.497 e. The maximum absolute atomic E-state index is 14.3. The number of benzene rings is 1. The summed E-state index contributed by atoms with van der Waals surface area (Å²) in [6.45, 7) is 3.80. The molecule has 29 heavy (non-hydrogen) atoms. The molecule has 1 aromatic carbocycles. The average Bonchev–Trinajstić information content (AvgIpc) is 3.09. The Morgan fingerprint density at radius 1 is 1.28 bits per heavy atom. The number of carbonyl (C=O) groups is 1. The maximum Gasteiger partial charge on any atom is 0.267 e. The van der Waals surface area contributed by atoms with Gasteiger partial charge in [-0.1, -0.05) is 25.2 Å². The minimum absolute atomic E-state index is 0.197. The Balaban J connectivity index is 1.75. The van der Waals surface area contributed by atoms with Gasteiger partial charge in [0.15, 0.2) is 0 Å². The summed E-state index contributed by atoms with van der Waals surface area (Å²) in [4.78, 5) is 24.4. The van der Waals surface area contributed by atoms with Gasteiger partial charge < -0.3 is 4.74 Å². The summed E-state index contributed by atoms with van der Waals surface area (Å²) >= 11 is 1.29. The molecule has 3 rings (SSSR count). The molecule has 0 fully saturated rings. The molecule has 0 unspecified atom stereocenters. The first-order valence-corrected chi connectivity index (χ1v) is 9.71. The van der Waals surface area contributed by atoms with E-state index in [4.69, 9.17) is 4.74 Å². The van der Waals surface area contributed by atoms with Crippen LogP contribution in [0.25, 0.3) is 11.3 Å². The first-order valence-electron chi connectivity index (χ1n) is 8.90. The van der Waals surface area contributed by atoms with Crippen LogP contribution in [0.15, 0.2) is 35.1 Å². The van der Waals surface area contributed by atoms with Crippen molar-refractivity contribution in [3.63, 3.8) is 0 Å². The normalized spacial score (nSPS) is 10.9. The van der Waals surface area contributed by atoms with Gasteiger partial charge in [0.1, 0.15) is 23.1 Å². The van der Waals surface area contributed by atoms with Crippen molar-refractivity contribution in [1.29, 1.82) is 0 Å². The number of ether oxygens (including phenoxy) is 1. The molecule has 0 aliphatic rings. The number of amides is 1. The van der Waals surface area contributed by atoms with Crippen LogP contribution in [0.5, 0.6) is 5.75 Å². The van der Waals surface area contributed by atoms with Crippen molar-refractivity contribution in [1.82, 2.24) is 20.0 Å². The number of rotatable bonds is 7. The van der Waals surface area contributed by atoms with Crippen molar-refractivity contribution >= 4 is 22.4 Å². The number of anilines is 1. The average molecular weight is 417 g/mol. The number of aromatic nitrogens is 4. The molecule has 0 bridgehead atoms. The summed E-state index contributed by atoms with van der Waals surface area (Å²) in [6.07, 6.45) is 0.768. The van der Waals surface area contributed by atoms with Gasteiger partial charge in [-0.05, 0) is 24.1 Å². The fraction of sp³-hybridized carbons (Fsp3) is 0.316. The number of hydrogen-bond acceptors (Lipinski definition) is 7. The predicted molar refractivity (Wildman–Crippen MR) is 108 cm³/mol. The first kappa shape index (κ1) is 20.6. The summed E-state index contributed by atoms with van der Waals surface area (Å²) < 4.78 is 20.3. The lowest BCUT2D eigenvalue weighted by molar-refractivity contribution is -0.117. The highest BCUT2D eigenvalue weighted by molar-refractivity contribution is 7.15. The molecule has 2 aromatic heterocycles. The summed E-state index contributed by atoms with van der Waals surface area (Å²) in [5.74, 6) is -0.222. The third-order valence-electron chi connectivity index (χ3n) is 3.91. The van der Waals surface area contributed by atoms with E-state index in [0.29, 0.717) is 16.8 Å². The van der Waals surface area contributed by atoms with Gasteiger partial charge in [-0.15, -0.1) is 10.2 Å². The highest BCUT2D eigenvalue weighted by Gasteiger charge is 2.13. The van der Waals surface area contributed by atoms with E-state index in [1.165, 1.54) is 42.7 Å². The lowest BCUT2D eigenvalue weighted by Crippen LogP contribution is -2.29. The molecule has 8 nitrogen and oxygen atoms in total. The van der Waals surface area contributed by atoms with E-state index in [2.05, 4.69) is 34.5 Å². The fourth-order valence-corrected chi connectivity index (χ4v) is 3.54. The zero-order valence-electron chi connectivity index (χ0n) is 16.2. The number of methoxy groups -OCH3 is 1. The van der Waals surface area contributed by atoms with E-state index in [1.54, 1.807) is 6.07 Å². The molecular formula is C19H20FN5O3S. The van der Waals surface area contributed by atoms with Gasteiger partial charge in [0, 0.05) is 24.1 Å². The molecule has 152 valence electrons. The first-order chi connectivity index (χ1) is 13.9. The van der Waals surface area contributed by atoms with Crippen LogP contribution < -0.4 is 15.6 Å². The Morgan fingerprint density at radius 2 is 2.07 bits per heavy atom. The lowest BCUT2D eigenvalue weighted by atomic mass is 10.1. The second-order valence-corrected chi connectivity index (χ2v) is 7.77. The van der Waals surface area contributed by atoms with Gasteiger partial charge in [0.25, 0.3) is 5.56 Å². The number of hydrogen-bond donors (Lipinski definition) is 1. The Bertz CT molecular complexity index is 1080. The van der Waals surface area contributed by atoms with Crippen molar-refractivity contribution in [3.8, 4) is 17.0 Å². The number of nitrogens with one attached hydrogen (secondary N) is 1. The Kier molecular flexibility index (Phi) is 6.32. The van der Waals surface area contributed by atoms with Gasteiger partial charge in [0.05, 0.1) is 12.8 Å². The van der Waals surface area contributed by atoms with Crippen molar-refractivity contribution < 1.29 is 13.9 Å². The highest BCUT2D eigenvalue weighted by Crippen LogP contribution is 2.24. The fourth-order valence-electron chi connectivity index (χ4n) is 2.57. The second kappa shape index (κ2) is 8.91. The van der Waals surface area contributed by atoms with Crippen LogP contribution in [-0.4, -0.2) is 33.0 Å². The van der Waals surface area contributed by atoms with E-state index in [0.717, 1.165) is 16.1 Å². The van der Waals surface area contributed by atoms with Crippen molar-refractivity contribution in [2.45, 2.75) is 26.8 Å². The minimum Gasteiger partial charge on any atom is -0.497 e. The molecular weight excluding hydrogens is 397 g/mol. The molecule has 0 aliphatic carbocycles. The molecule has 0 saturated heterocycles. The summed E-state index contributed by atoms with van der Waals surface area (Å²) in [5.41, 5.74) is -0.0503. The predicted octanol–water partition coefficient (Wildman–Crippen LogP) is 2.75. The standard InChI is InChI=1S/C19H20FN5O3S/c1-11(2)8-17-22-23-19(29-17)21-16(26)10-25-18(27)7-6-15(24-25)13-5-4-12(28-3)9-14(13)20/h4-7,9,11H,8,10H2,1-3H3,(H,21,23,26). The van der Waals surface area contributed by atoms with Gasteiger partial charge >= 0.3 is 0 Å². The lowest BCUT2D eigenvalue weighted by Gasteiger charge is -2.08. The van der Waals surface area contributed by atoms with Crippen LogP contribution >= 0.6 is 11.3 Å². The summed E-state index contributed by atoms with van der Waals surface area (Å²) in [7, 11) is 1.44. The summed E-state index contributed by atoms with van der Waals surface area (Å²) in [5, 5.41) is 15.9. The third kappa shape index (κ3) is 5.23. The zero-order valence-corrected chi connectivity index (χ0v) is 17.0. The quantitative estimate of drug-likeness (QED) is 0.635. The van der Waals surface area contributed by atoms with Crippen LogP contribution in [-0.2, 0) is 17.8 Å². The van der Waals surface area contributed by atoms with E-state index in [-0.39, 0.29) is 17.8 Å². The van der Waals surface area contributed by atoms with Gasteiger partial charge in [-0.2, -0.15) is 5.10 Å². The van der Waals surface area contributed by atoms with E-state index in [9.17, 15) is 14.0 Å². The SMILES string of the molecule is COc1ccc(-c2ccc(=O)n(CC(=O)Nc3nnc(CC(C)C)s3)n2)c(F)c1. The van der Waals surface area contributed by atoms with Gasteiger partial charge in [0.2, 0.25) is 11.0 Å². The number of carbonyl (C=O) groups excluding carboxylic acids is 1. The van der Waals surface area contributed by atoms with Crippen molar-refractivity contribution in [2.75, 3.05) is 12.4 Å². The molecule has 3 aromatic rings. The Morgan fingerprint density at radius 3 is 2.76 bits per heavy atom. The second-order valence-electron chi connectivity index (χ2n) is 6.71. The molecule has 0 atom stereocenters. The Labute approximate surface area is 170 Å². The van der Waals surface area contributed by atoms with Crippen molar-refractivity contribution in [2.24, 2.45) is 5.92 Å². The van der Waals surface area contributed by atoms with Crippen LogP contribution in [0.1, 0.15) is 18.9 Å². The smallest absolute Gasteiger partial charge is 0.267 e. The maximum atomic E-state index is 14.3. The monoisotopic (exact) mass is 417 g/mol. The van der Waals surface area contributed by atoms with E-state index >= 15 is 0 Å². The van der Waals surface area contributed by atoms with Gasteiger partial charge in [-0.3, -0.25) is 14.9 Å². The molecule has 0 aliphatic heterocycles.